The minimum absolute atomic E-state index is 0.0420. The summed E-state index contributed by atoms with van der Waals surface area (Å²) in [6.45, 7) is 1.53. The second-order valence-corrected chi connectivity index (χ2v) is 7.11. The highest BCUT2D eigenvalue weighted by molar-refractivity contribution is 9.10. The fraction of sp³-hybridized carbons (Fsp3) is 0.150. The van der Waals surface area contributed by atoms with Crippen LogP contribution >= 0.6 is 15.9 Å². The van der Waals surface area contributed by atoms with Crippen molar-refractivity contribution in [2.45, 2.75) is 6.92 Å². The quantitative estimate of drug-likeness (QED) is 0.267. The summed E-state index contributed by atoms with van der Waals surface area (Å²) in [5, 5.41) is 18.6. The number of ether oxygens (including phenoxy) is 2. The molecule has 0 atom stereocenters. The Morgan fingerprint density at radius 1 is 1.13 bits per heavy atom. The molecule has 0 spiro atoms. The van der Waals surface area contributed by atoms with Crippen molar-refractivity contribution in [3.05, 3.63) is 68.3 Å². The number of nitro groups is 1. The van der Waals surface area contributed by atoms with E-state index in [-0.39, 0.29) is 23.1 Å². The standard InChI is InChI=1S/C20H19BrN6O4/c1-12-18(27(28)29)19(24-15-5-7-16(30-2)8-6-15)25-20(23-12)26-22-11-13-10-14(21)4-9-17(13)31-3/h4-11H,1-3H3,(H2,23,24,25,26). The Morgan fingerprint density at radius 2 is 1.87 bits per heavy atom. The first-order valence-electron chi connectivity index (χ1n) is 8.98. The molecule has 3 rings (SSSR count). The van der Waals surface area contributed by atoms with Crippen LogP contribution in [-0.2, 0) is 0 Å². The van der Waals surface area contributed by atoms with Gasteiger partial charge >= 0.3 is 5.69 Å². The van der Waals surface area contributed by atoms with Gasteiger partial charge in [0.15, 0.2) is 0 Å². The van der Waals surface area contributed by atoms with Crippen molar-refractivity contribution in [3.8, 4) is 11.5 Å². The molecule has 0 radical (unpaired) electrons. The van der Waals surface area contributed by atoms with Gasteiger partial charge in [0.1, 0.15) is 17.2 Å². The first kappa shape index (κ1) is 22.0. The van der Waals surface area contributed by atoms with Gasteiger partial charge < -0.3 is 14.8 Å². The van der Waals surface area contributed by atoms with Crippen molar-refractivity contribution in [1.82, 2.24) is 9.97 Å². The monoisotopic (exact) mass is 486 g/mol. The highest BCUT2D eigenvalue weighted by Gasteiger charge is 2.22. The zero-order valence-electron chi connectivity index (χ0n) is 16.9. The summed E-state index contributed by atoms with van der Waals surface area (Å²) in [7, 11) is 3.12. The second-order valence-electron chi connectivity index (χ2n) is 6.20. The number of methoxy groups -OCH3 is 2. The molecule has 0 amide bonds. The molecule has 10 nitrogen and oxygen atoms in total. The van der Waals surface area contributed by atoms with Gasteiger partial charge in [-0.3, -0.25) is 10.1 Å². The number of aromatic nitrogens is 2. The number of hydrazone groups is 1. The molecule has 2 aromatic carbocycles. The number of benzene rings is 2. The summed E-state index contributed by atoms with van der Waals surface area (Å²) in [6.07, 6.45) is 1.54. The van der Waals surface area contributed by atoms with E-state index < -0.39 is 4.92 Å². The number of anilines is 3. The van der Waals surface area contributed by atoms with Gasteiger partial charge in [-0.1, -0.05) is 15.9 Å². The van der Waals surface area contributed by atoms with E-state index in [9.17, 15) is 10.1 Å². The van der Waals surface area contributed by atoms with Crippen LogP contribution in [0.1, 0.15) is 11.3 Å². The largest absolute Gasteiger partial charge is 0.497 e. The van der Waals surface area contributed by atoms with Gasteiger partial charge in [-0.2, -0.15) is 10.1 Å². The molecular formula is C20H19BrN6O4. The lowest BCUT2D eigenvalue weighted by Crippen LogP contribution is -2.07. The Kier molecular flexibility index (Phi) is 6.98. The van der Waals surface area contributed by atoms with Crippen LogP contribution < -0.4 is 20.2 Å². The summed E-state index contributed by atoms with van der Waals surface area (Å²) in [5.41, 5.74) is 4.00. The zero-order chi connectivity index (χ0) is 22.4. The molecule has 2 N–H and O–H groups in total. The van der Waals surface area contributed by atoms with Gasteiger partial charge in [0.2, 0.25) is 11.8 Å². The molecule has 1 heterocycles. The third kappa shape index (κ3) is 5.45. The third-order valence-corrected chi connectivity index (χ3v) is 4.65. The SMILES string of the molecule is COc1ccc(Nc2nc(NN=Cc3cc(Br)ccc3OC)nc(C)c2[N+](=O)[O-])cc1. The van der Waals surface area contributed by atoms with E-state index in [4.69, 9.17) is 9.47 Å². The predicted octanol–water partition coefficient (Wildman–Crippen LogP) is 4.66. The number of nitrogens with zero attached hydrogens (tertiary/aromatic N) is 4. The van der Waals surface area contributed by atoms with Crippen LogP contribution in [0.5, 0.6) is 11.5 Å². The normalized spacial score (nSPS) is 10.7. The van der Waals surface area contributed by atoms with Gasteiger partial charge in [-0.25, -0.2) is 10.4 Å². The summed E-state index contributed by atoms with van der Waals surface area (Å²) < 4.78 is 11.3. The molecule has 0 fully saturated rings. The van der Waals surface area contributed by atoms with E-state index in [1.54, 1.807) is 50.8 Å². The van der Waals surface area contributed by atoms with E-state index >= 15 is 0 Å². The van der Waals surface area contributed by atoms with Crippen molar-refractivity contribution in [1.29, 1.82) is 0 Å². The van der Waals surface area contributed by atoms with Crippen molar-refractivity contribution in [2.75, 3.05) is 25.0 Å². The third-order valence-electron chi connectivity index (χ3n) is 4.15. The molecular weight excluding hydrogens is 468 g/mol. The Morgan fingerprint density at radius 3 is 2.52 bits per heavy atom. The lowest BCUT2D eigenvalue weighted by Gasteiger charge is -2.10. The van der Waals surface area contributed by atoms with Crippen LogP contribution in [-0.4, -0.2) is 35.3 Å². The Bertz CT molecular complexity index is 1120. The molecule has 0 aliphatic heterocycles. The van der Waals surface area contributed by atoms with Gasteiger partial charge in [0.05, 0.1) is 25.4 Å². The molecule has 0 aliphatic rings. The average Bonchev–Trinajstić information content (AvgIpc) is 2.74. The van der Waals surface area contributed by atoms with Crippen LogP contribution in [0.2, 0.25) is 0 Å². The van der Waals surface area contributed by atoms with Crippen molar-refractivity contribution < 1.29 is 14.4 Å². The summed E-state index contributed by atoms with van der Waals surface area (Å²) >= 11 is 3.40. The van der Waals surface area contributed by atoms with Crippen molar-refractivity contribution in [3.63, 3.8) is 0 Å². The molecule has 160 valence electrons. The molecule has 0 unspecified atom stereocenters. The van der Waals surface area contributed by atoms with Gasteiger partial charge in [-0.05, 0) is 49.4 Å². The Balaban J connectivity index is 1.87. The van der Waals surface area contributed by atoms with E-state index in [0.717, 1.165) is 10.0 Å². The van der Waals surface area contributed by atoms with Crippen LogP contribution in [0.3, 0.4) is 0 Å². The first-order valence-corrected chi connectivity index (χ1v) is 9.77. The van der Waals surface area contributed by atoms with E-state index in [2.05, 4.69) is 41.7 Å². The first-order chi connectivity index (χ1) is 14.9. The number of rotatable bonds is 8. The van der Waals surface area contributed by atoms with E-state index in [0.29, 0.717) is 17.2 Å². The minimum Gasteiger partial charge on any atom is -0.497 e. The van der Waals surface area contributed by atoms with E-state index in [1.165, 1.54) is 6.92 Å². The summed E-state index contributed by atoms with van der Waals surface area (Å²) in [4.78, 5) is 19.4. The molecule has 0 bridgehead atoms. The average molecular weight is 487 g/mol. The highest BCUT2D eigenvalue weighted by Crippen LogP contribution is 2.30. The van der Waals surface area contributed by atoms with Crippen LogP contribution in [0.25, 0.3) is 0 Å². The number of hydrogen-bond acceptors (Lipinski definition) is 9. The van der Waals surface area contributed by atoms with Gasteiger partial charge in [-0.15, -0.1) is 0 Å². The molecule has 31 heavy (non-hydrogen) atoms. The Labute approximate surface area is 186 Å². The van der Waals surface area contributed by atoms with Gasteiger partial charge in [0.25, 0.3) is 0 Å². The highest BCUT2D eigenvalue weighted by atomic mass is 79.9. The van der Waals surface area contributed by atoms with Crippen molar-refractivity contribution >= 4 is 45.3 Å². The molecule has 0 aliphatic carbocycles. The van der Waals surface area contributed by atoms with Crippen molar-refractivity contribution in [2.24, 2.45) is 5.10 Å². The maximum Gasteiger partial charge on any atom is 0.332 e. The number of nitrogens with one attached hydrogen (secondary N) is 2. The number of aryl methyl sites for hydroxylation is 1. The molecule has 0 saturated carbocycles. The number of hydrogen-bond donors (Lipinski definition) is 2. The molecule has 1 aromatic heterocycles. The van der Waals surface area contributed by atoms with Gasteiger partial charge in [0, 0.05) is 15.7 Å². The fourth-order valence-corrected chi connectivity index (χ4v) is 3.08. The second kappa shape index (κ2) is 9.85. The fourth-order valence-electron chi connectivity index (χ4n) is 2.70. The zero-order valence-corrected chi connectivity index (χ0v) is 18.5. The van der Waals surface area contributed by atoms with E-state index in [1.807, 2.05) is 12.1 Å². The summed E-state index contributed by atoms with van der Waals surface area (Å²) in [5.74, 6) is 1.44. The molecule has 11 heteroatoms. The maximum atomic E-state index is 11.5. The predicted molar refractivity (Wildman–Crippen MR) is 122 cm³/mol. The topological polar surface area (TPSA) is 124 Å². The minimum atomic E-state index is -0.527. The number of halogens is 1. The Hall–Kier alpha value is -3.73. The lowest BCUT2D eigenvalue weighted by molar-refractivity contribution is -0.385. The summed E-state index contributed by atoms with van der Waals surface area (Å²) in [6, 6.07) is 12.4. The van der Waals surface area contributed by atoms with Crippen LogP contribution in [0.4, 0.5) is 23.1 Å². The molecule has 0 saturated heterocycles. The maximum absolute atomic E-state index is 11.5. The van der Waals surface area contributed by atoms with Crippen LogP contribution in [0.15, 0.2) is 52.0 Å². The molecule has 3 aromatic rings. The van der Waals surface area contributed by atoms with Crippen LogP contribution in [0, 0.1) is 17.0 Å². The smallest absolute Gasteiger partial charge is 0.332 e. The lowest BCUT2D eigenvalue weighted by atomic mass is 10.2.